The topological polar surface area (TPSA) is 61.9 Å². The zero-order valence-corrected chi connectivity index (χ0v) is 15.9. The van der Waals surface area contributed by atoms with Crippen molar-refractivity contribution in [2.24, 2.45) is 0 Å². The average molecular weight is 388 g/mol. The minimum atomic E-state index is -0.292. The molecule has 27 heavy (non-hydrogen) atoms. The van der Waals surface area contributed by atoms with Crippen molar-refractivity contribution >= 4 is 29.1 Å². The van der Waals surface area contributed by atoms with E-state index in [9.17, 15) is 9.59 Å². The second-order valence-electron chi connectivity index (χ2n) is 6.26. The van der Waals surface area contributed by atoms with Gasteiger partial charge in [0.15, 0.2) is 0 Å². The van der Waals surface area contributed by atoms with Gasteiger partial charge in [0, 0.05) is 42.5 Å². The van der Waals surface area contributed by atoms with Crippen LogP contribution in [0.15, 0.2) is 48.5 Å². The van der Waals surface area contributed by atoms with Crippen molar-refractivity contribution in [2.45, 2.75) is 0 Å². The van der Waals surface area contributed by atoms with E-state index in [1.54, 1.807) is 36.3 Å². The van der Waals surface area contributed by atoms with E-state index >= 15 is 0 Å². The molecule has 1 aliphatic rings. The summed E-state index contributed by atoms with van der Waals surface area (Å²) in [7, 11) is 1.55. The number of anilines is 1. The molecule has 0 bridgehead atoms. The lowest BCUT2D eigenvalue weighted by atomic mass is 10.2. The molecule has 2 amide bonds. The number of carbonyl (C=O) groups excluding carboxylic acids is 2. The summed E-state index contributed by atoms with van der Waals surface area (Å²) in [6.07, 6.45) is 0. The summed E-state index contributed by atoms with van der Waals surface area (Å²) in [5.74, 6) is 0.225. The van der Waals surface area contributed by atoms with Crippen LogP contribution in [0, 0.1) is 0 Å². The second-order valence-corrected chi connectivity index (χ2v) is 6.70. The molecule has 1 saturated heterocycles. The first kappa shape index (κ1) is 19.0. The minimum Gasteiger partial charge on any atom is -0.497 e. The third-order valence-electron chi connectivity index (χ3n) is 4.54. The molecule has 1 heterocycles. The van der Waals surface area contributed by atoms with Gasteiger partial charge in [0.1, 0.15) is 5.75 Å². The zero-order chi connectivity index (χ0) is 19.2. The lowest BCUT2D eigenvalue weighted by molar-refractivity contribution is -0.130. The average Bonchev–Trinajstić information content (AvgIpc) is 2.72. The summed E-state index contributed by atoms with van der Waals surface area (Å²) in [6, 6.07) is 14.5. The summed E-state index contributed by atoms with van der Waals surface area (Å²) in [6.45, 7) is 2.67. The van der Waals surface area contributed by atoms with Gasteiger partial charge in [-0.25, -0.2) is 0 Å². The predicted octanol–water partition coefficient (Wildman–Crippen LogP) is 2.43. The van der Waals surface area contributed by atoms with Gasteiger partial charge in [-0.1, -0.05) is 23.7 Å². The second kappa shape index (κ2) is 8.77. The van der Waals surface area contributed by atoms with Crippen molar-refractivity contribution in [2.75, 3.05) is 44.7 Å². The van der Waals surface area contributed by atoms with Crippen LogP contribution in [0.1, 0.15) is 10.4 Å². The van der Waals surface area contributed by atoms with Crippen LogP contribution in [-0.2, 0) is 4.79 Å². The highest BCUT2D eigenvalue weighted by Gasteiger charge is 2.21. The van der Waals surface area contributed by atoms with E-state index in [1.165, 1.54) is 0 Å². The van der Waals surface area contributed by atoms with Crippen LogP contribution < -0.4 is 15.0 Å². The molecular formula is C20H22ClN3O3. The molecule has 0 saturated carbocycles. The maximum Gasteiger partial charge on any atom is 0.251 e. The Morgan fingerprint density at radius 1 is 1.07 bits per heavy atom. The Hall–Kier alpha value is -2.73. The van der Waals surface area contributed by atoms with Crippen molar-refractivity contribution < 1.29 is 14.3 Å². The Morgan fingerprint density at radius 2 is 1.81 bits per heavy atom. The molecule has 142 valence electrons. The van der Waals surface area contributed by atoms with E-state index in [1.807, 2.05) is 24.3 Å². The molecule has 0 spiro atoms. The highest BCUT2D eigenvalue weighted by atomic mass is 35.5. The summed E-state index contributed by atoms with van der Waals surface area (Å²) >= 11 is 6.04. The minimum absolute atomic E-state index is 0.0206. The van der Waals surface area contributed by atoms with Gasteiger partial charge >= 0.3 is 0 Å². The number of nitrogens with zero attached hydrogens (tertiary/aromatic N) is 2. The molecule has 1 N–H and O–H groups in total. The molecule has 2 aromatic rings. The first-order chi connectivity index (χ1) is 13.1. The number of ether oxygens (including phenoxy) is 1. The first-order valence-corrected chi connectivity index (χ1v) is 9.15. The predicted molar refractivity (Wildman–Crippen MR) is 106 cm³/mol. The van der Waals surface area contributed by atoms with Crippen molar-refractivity contribution in [1.29, 1.82) is 0 Å². The molecule has 1 aliphatic heterocycles. The van der Waals surface area contributed by atoms with Gasteiger partial charge in [-0.3, -0.25) is 9.59 Å². The number of halogens is 1. The number of methoxy groups -OCH3 is 1. The summed E-state index contributed by atoms with van der Waals surface area (Å²) < 4.78 is 5.11. The molecule has 0 atom stereocenters. The quantitative estimate of drug-likeness (QED) is 0.856. The fraction of sp³-hybridized carbons (Fsp3) is 0.300. The lowest BCUT2D eigenvalue weighted by Crippen LogP contribution is -2.51. The molecule has 0 unspecified atom stereocenters. The number of piperazine rings is 1. The van der Waals surface area contributed by atoms with Crippen LogP contribution in [0.2, 0.25) is 5.02 Å². The van der Waals surface area contributed by atoms with Crippen LogP contribution >= 0.6 is 11.6 Å². The normalized spacial score (nSPS) is 14.0. The highest BCUT2D eigenvalue weighted by Crippen LogP contribution is 2.20. The number of carbonyl (C=O) groups is 2. The van der Waals surface area contributed by atoms with Crippen LogP contribution in [0.25, 0.3) is 0 Å². The smallest absolute Gasteiger partial charge is 0.251 e. The van der Waals surface area contributed by atoms with Gasteiger partial charge in [-0.2, -0.15) is 0 Å². The molecule has 0 radical (unpaired) electrons. The number of rotatable bonds is 5. The third-order valence-corrected chi connectivity index (χ3v) is 4.77. The molecule has 2 aromatic carbocycles. The van der Waals surface area contributed by atoms with Crippen molar-refractivity contribution in [3.8, 4) is 5.75 Å². The highest BCUT2D eigenvalue weighted by molar-refractivity contribution is 6.30. The number of benzene rings is 2. The monoisotopic (exact) mass is 387 g/mol. The van der Waals surface area contributed by atoms with Gasteiger partial charge < -0.3 is 19.9 Å². The Bertz CT molecular complexity index is 820. The number of nitrogens with one attached hydrogen (secondary N) is 1. The number of amides is 2. The van der Waals surface area contributed by atoms with E-state index in [4.69, 9.17) is 16.3 Å². The Labute approximate surface area is 163 Å². The first-order valence-electron chi connectivity index (χ1n) is 8.77. The summed E-state index contributed by atoms with van der Waals surface area (Å²) in [4.78, 5) is 28.6. The van der Waals surface area contributed by atoms with Crippen molar-refractivity contribution in [3.05, 3.63) is 59.1 Å². The summed E-state index contributed by atoms with van der Waals surface area (Å²) in [5.41, 5.74) is 1.52. The maximum absolute atomic E-state index is 12.4. The molecule has 3 rings (SSSR count). The number of hydrogen-bond acceptors (Lipinski definition) is 4. The third kappa shape index (κ3) is 4.92. The fourth-order valence-corrected chi connectivity index (χ4v) is 3.21. The van der Waals surface area contributed by atoms with Gasteiger partial charge in [0.2, 0.25) is 5.91 Å². The van der Waals surface area contributed by atoms with E-state index in [-0.39, 0.29) is 18.4 Å². The summed E-state index contributed by atoms with van der Waals surface area (Å²) in [5, 5.41) is 3.38. The van der Waals surface area contributed by atoms with E-state index in [0.29, 0.717) is 29.4 Å². The molecule has 7 heteroatoms. The van der Waals surface area contributed by atoms with Crippen LogP contribution in [0.3, 0.4) is 0 Å². The Morgan fingerprint density at radius 3 is 2.52 bits per heavy atom. The molecule has 0 aliphatic carbocycles. The standard InChI is InChI=1S/C20H22ClN3O3/c1-27-18-7-2-4-15(12-18)20(26)22-14-19(25)24-10-8-23(9-11-24)17-6-3-5-16(21)13-17/h2-7,12-13H,8-11,14H2,1H3,(H,22,26). The fourth-order valence-electron chi connectivity index (χ4n) is 3.02. The lowest BCUT2D eigenvalue weighted by Gasteiger charge is -2.36. The van der Waals surface area contributed by atoms with Gasteiger partial charge in [0.05, 0.1) is 13.7 Å². The Balaban J connectivity index is 1.48. The van der Waals surface area contributed by atoms with Gasteiger partial charge in [-0.15, -0.1) is 0 Å². The molecule has 0 aromatic heterocycles. The van der Waals surface area contributed by atoms with Gasteiger partial charge in [-0.05, 0) is 36.4 Å². The van der Waals surface area contributed by atoms with Crippen LogP contribution in [0.4, 0.5) is 5.69 Å². The number of hydrogen-bond donors (Lipinski definition) is 1. The van der Waals surface area contributed by atoms with E-state index in [0.717, 1.165) is 18.8 Å². The maximum atomic E-state index is 12.4. The Kier molecular flexibility index (Phi) is 6.19. The molecule has 1 fully saturated rings. The van der Waals surface area contributed by atoms with Gasteiger partial charge in [0.25, 0.3) is 5.91 Å². The van der Waals surface area contributed by atoms with E-state index in [2.05, 4.69) is 10.2 Å². The molecular weight excluding hydrogens is 366 g/mol. The zero-order valence-electron chi connectivity index (χ0n) is 15.2. The van der Waals surface area contributed by atoms with Crippen molar-refractivity contribution in [1.82, 2.24) is 10.2 Å². The largest absolute Gasteiger partial charge is 0.497 e. The SMILES string of the molecule is COc1cccc(C(=O)NCC(=O)N2CCN(c3cccc(Cl)c3)CC2)c1. The van der Waals surface area contributed by atoms with Crippen molar-refractivity contribution in [3.63, 3.8) is 0 Å². The van der Waals surface area contributed by atoms with Crippen LogP contribution in [-0.4, -0.2) is 56.5 Å². The van der Waals surface area contributed by atoms with Crippen LogP contribution in [0.5, 0.6) is 5.75 Å². The van der Waals surface area contributed by atoms with E-state index < -0.39 is 0 Å². The molecule has 6 nitrogen and oxygen atoms in total.